The van der Waals surface area contributed by atoms with Crippen LogP contribution in [0, 0.1) is 5.82 Å². The molecule has 2 aromatic carbocycles. The average molecular weight is 379 g/mol. The number of methoxy groups -OCH3 is 1. The topological polar surface area (TPSA) is 41.6 Å². The number of piperazine rings is 1. The number of hydrogen-bond donors (Lipinski definition) is 1. The highest BCUT2D eigenvalue weighted by Crippen LogP contribution is 2.28. The van der Waals surface area contributed by atoms with Gasteiger partial charge in [-0.05, 0) is 42.3 Å². The van der Waals surface area contributed by atoms with E-state index in [0.29, 0.717) is 13.1 Å². The molecular weight excluding hydrogens is 355 g/mol. The summed E-state index contributed by atoms with van der Waals surface area (Å²) in [6.07, 6.45) is 0. The van der Waals surface area contributed by atoms with Crippen molar-refractivity contribution in [1.82, 2.24) is 10.2 Å². The van der Waals surface area contributed by atoms with Gasteiger partial charge in [0.15, 0.2) is 0 Å². The summed E-state index contributed by atoms with van der Waals surface area (Å²) in [6, 6.07) is 13.9. The van der Waals surface area contributed by atoms with Crippen LogP contribution in [0.4, 0.5) is 4.39 Å². The molecule has 2 unspecified atom stereocenters. The molecule has 2 aromatic rings. The summed E-state index contributed by atoms with van der Waals surface area (Å²) in [6.45, 7) is 3.87. The van der Waals surface area contributed by atoms with Gasteiger partial charge in [0.2, 0.25) is 5.91 Å². The highest BCUT2D eigenvalue weighted by molar-refractivity contribution is 5.85. The van der Waals surface area contributed by atoms with E-state index < -0.39 is 0 Å². The summed E-state index contributed by atoms with van der Waals surface area (Å²) in [5, 5.41) is 3.30. The van der Waals surface area contributed by atoms with E-state index in [9.17, 15) is 9.18 Å². The summed E-state index contributed by atoms with van der Waals surface area (Å²) in [5.74, 6) is 0.212. The van der Waals surface area contributed by atoms with Crippen LogP contribution in [0.15, 0.2) is 48.5 Å². The molecule has 3 rings (SSSR count). The Balaban J connectivity index is 0.00000243. The maximum absolute atomic E-state index is 13.6. The number of benzene rings is 2. The monoisotopic (exact) mass is 378 g/mol. The van der Waals surface area contributed by atoms with Crippen molar-refractivity contribution in [3.63, 3.8) is 0 Å². The second-order valence-electron chi connectivity index (χ2n) is 6.30. The molecule has 2 atom stereocenters. The first-order valence-corrected chi connectivity index (χ1v) is 8.50. The highest BCUT2D eigenvalue weighted by atomic mass is 35.5. The molecule has 0 aliphatic carbocycles. The second kappa shape index (κ2) is 9.01. The molecule has 0 bridgehead atoms. The molecule has 6 heteroatoms. The first-order chi connectivity index (χ1) is 12.1. The van der Waals surface area contributed by atoms with Crippen molar-refractivity contribution in [2.24, 2.45) is 0 Å². The fourth-order valence-electron chi connectivity index (χ4n) is 3.28. The molecule has 1 aliphatic rings. The van der Waals surface area contributed by atoms with Gasteiger partial charge in [0.1, 0.15) is 11.6 Å². The van der Waals surface area contributed by atoms with Crippen LogP contribution < -0.4 is 10.1 Å². The molecule has 1 aliphatic heterocycles. The fraction of sp³-hybridized carbons (Fsp3) is 0.350. The molecule has 0 aromatic heterocycles. The summed E-state index contributed by atoms with van der Waals surface area (Å²) in [7, 11) is 1.61. The normalized spacial score (nSPS) is 18.0. The number of halogens is 2. The number of amides is 1. The van der Waals surface area contributed by atoms with Gasteiger partial charge in [-0.1, -0.05) is 24.3 Å². The van der Waals surface area contributed by atoms with Crippen LogP contribution in [0.5, 0.6) is 5.75 Å². The van der Waals surface area contributed by atoms with Gasteiger partial charge in [0, 0.05) is 19.6 Å². The molecular formula is C20H24ClFN2O2. The lowest BCUT2D eigenvalue weighted by molar-refractivity contribution is -0.135. The standard InChI is InChI=1S/C20H23FN2O2.ClH/c1-14(15-5-4-8-18(12-15)25-2)20(24)23-10-9-22-13-19(23)16-6-3-7-17(21)11-16;/h3-8,11-12,14,19,22H,9-10,13H2,1-2H3;1H. The van der Waals surface area contributed by atoms with E-state index in [2.05, 4.69) is 5.32 Å². The number of rotatable bonds is 4. The molecule has 0 spiro atoms. The van der Waals surface area contributed by atoms with E-state index in [1.54, 1.807) is 13.2 Å². The summed E-state index contributed by atoms with van der Waals surface area (Å²) in [5.41, 5.74) is 1.74. The van der Waals surface area contributed by atoms with E-state index in [4.69, 9.17) is 4.74 Å². The van der Waals surface area contributed by atoms with E-state index in [1.165, 1.54) is 12.1 Å². The molecule has 1 amide bonds. The predicted octanol–water partition coefficient (Wildman–Crippen LogP) is 3.53. The third-order valence-corrected chi connectivity index (χ3v) is 4.72. The van der Waals surface area contributed by atoms with Gasteiger partial charge in [-0.15, -0.1) is 12.4 Å². The van der Waals surface area contributed by atoms with Crippen molar-refractivity contribution in [2.45, 2.75) is 18.9 Å². The van der Waals surface area contributed by atoms with E-state index >= 15 is 0 Å². The van der Waals surface area contributed by atoms with Gasteiger partial charge in [0.05, 0.1) is 19.1 Å². The highest BCUT2D eigenvalue weighted by Gasteiger charge is 2.31. The van der Waals surface area contributed by atoms with Gasteiger partial charge in [-0.25, -0.2) is 4.39 Å². The molecule has 4 nitrogen and oxygen atoms in total. The average Bonchev–Trinajstić information content (AvgIpc) is 2.67. The SMILES string of the molecule is COc1cccc(C(C)C(=O)N2CCNCC2c2cccc(F)c2)c1.Cl. The molecule has 26 heavy (non-hydrogen) atoms. The van der Waals surface area contributed by atoms with Crippen molar-refractivity contribution in [2.75, 3.05) is 26.7 Å². The van der Waals surface area contributed by atoms with E-state index in [1.807, 2.05) is 42.2 Å². The van der Waals surface area contributed by atoms with Crippen molar-refractivity contribution >= 4 is 18.3 Å². The minimum absolute atomic E-state index is 0. The minimum atomic E-state index is -0.288. The Hall–Kier alpha value is -2.11. The second-order valence-corrected chi connectivity index (χ2v) is 6.30. The van der Waals surface area contributed by atoms with Gasteiger partial charge in [-0.2, -0.15) is 0 Å². The lowest BCUT2D eigenvalue weighted by Gasteiger charge is -2.38. The Morgan fingerprint density at radius 2 is 2.04 bits per heavy atom. The first kappa shape index (κ1) is 20.2. The molecule has 1 saturated heterocycles. The van der Waals surface area contributed by atoms with Crippen molar-refractivity contribution in [1.29, 1.82) is 0 Å². The zero-order chi connectivity index (χ0) is 17.8. The van der Waals surface area contributed by atoms with E-state index in [0.717, 1.165) is 23.4 Å². The van der Waals surface area contributed by atoms with Crippen LogP contribution in [0.2, 0.25) is 0 Å². The molecule has 1 fully saturated rings. The number of ether oxygens (including phenoxy) is 1. The number of nitrogens with one attached hydrogen (secondary N) is 1. The van der Waals surface area contributed by atoms with Gasteiger partial charge >= 0.3 is 0 Å². The molecule has 0 saturated carbocycles. The smallest absolute Gasteiger partial charge is 0.230 e. The van der Waals surface area contributed by atoms with Crippen LogP contribution in [0.3, 0.4) is 0 Å². The number of hydrogen-bond acceptors (Lipinski definition) is 3. The van der Waals surface area contributed by atoms with Gasteiger partial charge in [-0.3, -0.25) is 4.79 Å². The zero-order valence-electron chi connectivity index (χ0n) is 14.9. The molecule has 140 valence electrons. The van der Waals surface area contributed by atoms with Crippen molar-refractivity contribution in [3.8, 4) is 5.75 Å². The molecule has 1 N–H and O–H groups in total. The largest absolute Gasteiger partial charge is 0.497 e. The van der Waals surface area contributed by atoms with Crippen molar-refractivity contribution in [3.05, 3.63) is 65.5 Å². The van der Waals surface area contributed by atoms with E-state index in [-0.39, 0.29) is 36.1 Å². The summed E-state index contributed by atoms with van der Waals surface area (Å²) < 4.78 is 18.9. The third-order valence-electron chi connectivity index (χ3n) is 4.72. The van der Waals surface area contributed by atoms with Crippen LogP contribution >= 0.6 is 12.4 Å². The lowest BCUT2D eigenvalue weighted by atomic mass is 9.96. The van der Waals surface area contributed by atoms with Crippen LogP contribution in [-0.4, -0.2) is 37.6 Å². The number of carbonyl (C=O) groups is 1. The summed E-state index contributed by atoms with van der Waals surface area (Å²) in [4.78, 5) is 15.0. The van der Waals surface area contributed by atoms with Gasteiger partial charge in [0.25, 0.3) is 0 Å². The summed E-state index contributed by atoms with van der Waals surface area (Å²) >= 11 is 0. The maximum Gasteiger partial charge on any atom is 0.230 e. The van der Waals surface area contributed by atoms with Crippen LogP contribution in [0.1, 0.15) is 30.0 Å². The molecule has 0 radical (unpaired) electrons. The Bertz CT molecular complexity index is 756. The number of carbonyl (C=O) groups excluding carboxylic acids is 1. The maximum atomic E-state index is 13.6. The Kier molecular flexibility index (Phi) is 7.00. The number of nitrogens with zero attached hydrogens (tertiary/aromatic N) is 1. The minimum Gasteiger partial charge on any atom is -0.497 e. The third kappa shape index (κ3) is 4.34. The molecule has 1 heterocycles. The fourth-order valence-corrected chi connectivity index (χ4v) is 3.28. The van der Waals surface area contributed by atoms with Crippen LogP contribution in [-0.2, 0) is 4.79 Å². The lowest BCUT2D eigenvalue weighted by Crippen LogP contribution is -2.49. The Labute approximate surface area is 159 Å². The Morgan fingerprint density at radius 3 is 2.77 bits per heavy atom. The van der Waals surface area contributed by atoms with Crippen molar-refractivity contribution < 1.29 is 13.9 Å². The predicted molar refractivity (Wildman–Crippen MR) is 102 cm³/mol. The first-order valence-electron chi connectivity index (χ1n) is 8.50. The van der Waals surface area contributed by atoms with Crippen LogP contribution in [0.25, 0.3) is 0 Å². The van der Waals surface area contributed by atoms with Gasteiger partial charge < -0.3 is 15.0 Å². The zero-order valence-corrected chi connectivity index (χ0v) is 15.8. The Morgan fingerprint density at radius 1 is 1.27 bits per heavy atom. The quantitative estimate of drug-likeness (QED) is 0.884.